The molecule has 1 atom stereocenters. The molecule has 1 aliphatic heterocycles. The molecule has 5 nitrogen and oxygen atoms in total. The normalized spacial score (nSPS) is 20.2. The first-order chi connectivity index (χ1) is 11.2. The number of nitrogens with zero attached hydrogens (tertiary/aromatic N) is 1. The average molecular weight is 316 g/mol. The monoisotopic (exact) mass is 316 g/mol. The van der Waals surface area contributed by atoms with Gasteiger partial charge in [0, 0.05) is 12.1 Å². The van der Waals surface area contributed by atoms with Crippen LogP contribution < -0.4 is 5.32 Å². The minimum absolute atomic E-state index is 0.0327. The summed E-state index contributed by atoms with van der Waals surface area (Å²) < 4.78 is 5.41. The Hall–Kier alpha value is -1.88. The molecule has 1 fully saturated rings. The SMILES string of the molecule is CC[C@@H]1COCCN1C(=O)CNC(=O)c1ccc2c(c1)CCC2. The fourth-order valence-electron chi connectivity index (χ4n) is 3.39. The largest absolute Gasteiger partial charge is 0.377 e. The number of benzene rings is 1. The molecule has 0 aromatic heterocycles. The van der Waals surface area contributed by atoms with Crippen molar-refractivity contribution >= 4 is 11.8 Å². The van der Waals surface area contributed by atoms with Crippen molar-refractivity contribution in [3.8, 4) is 0 Å². The summed E-state index contributed by atoms with van der Waals surface area (Å²) >= 11 is 0. The summed E-state index contributed by atoms with van der Waals surface area (Å²) in [6, 6.07) is 5.97. The average Bonchev–Trinajstić information content (AvgIpc) is 3.06. The second-order valence-corrected chi connectivity index (χ2v) is 6.24. The molecule has 124 valence electrons. The fourth-order valence-corrected chi connectivity index (χ4v) is 3.39. The Morgan fingerprint density at radius 3 is 2.96 bits per heavy atom. The van der Waals surface area contributed by atoms with Crippen LogP contribution in [-0.4, -0.2) is 49.1 Å². The molecule has 1 aliphatic carbocycles. The summed E-state index contributed by atoms with van der Waals surface area (Å²) in [5.74, 6) is -0.205. The molecule has 5 heteroatoms. The van der Waals surface area contributed by atoms with E-state index >= 15 is 0 Å². The smallest absolute Gasteiger partial charge is 0.251 e. The maximum atomic E-state index is 12.3. The van der Waals surface area contributed by atoms with Gasteiger partial charge in [0.1, 0.15) is 0 Å². The van der Waals surface area contributed by atoms with Crippen LogP contribution in [0.1, 0.15) is 41.3 Å². The first-order valence-electron chi connectivity index (χ1n) is 8.46. The number of rotatable bonds is 4. The summed E-state index contributed by atoms with van der Waals surface area (Å²) in [6.07, 6.45) is 4.17. The maximum absolute atomic E-state index is 12.3. The van der Waals surface area contributed by atoms with Gasteiger partial charge >= 0.3 is 0 Å². The highest BCUT2D eigenvalue weighted by Crippen LogP contribution is 2.22. The van der Waals surface area contributed by atoms with Gasteiger partial charge < -0.3 is 15.0 Å². The predicted octanol–water partition coefficient (Wildman–Crippen LogP) is 1.54. The zero-order valence-electron chi connectivity index (χ0n) is 13.6. The number of carbonyl (C=O) groups is 2. The van der Waals surface area contributed by atoms with E-state index in [1.54, 1.807) is 0 Å². The zero-order chi connectivity index (χ0) is 16.2. The number of hydrogen-bond donors (Lipinski definition) is 1. The van der Waals surface area contributed by atoms with Crippen LogP contribution in [0.25, 0.3) is 0 Å². The van der Waals surface area contributed by atoms with Crippen LogP contribution in [0.3, 0.4) is 0 Å². The van der Waals surface area contributed by atoms with Crippen molar-refractivity contribution < 1.29 is 14.3 Å². The molecule has 2 aliphatic rings. The van der Waals surface area contributed by atoms with Crippen LogP contribution in [0.5, 0.6) is 0 Å². The molecule has 2 amide bonds. The Morgan fingerprint density at radius 2 is 2.13 bits per heavy atom. The summed E-state index contributed by atoms with van der Waals surface area (Å²) in [4.78, 5) is 26.4. The van der Waals surface area contributed by atoms with E-state index in [1.165, 1.54) is 11.1 Å². The Labute approximate surface area is 137 Å². The van der Waals surface area contributed by atoms with E-state index in [4.69, 9.17) is 4.74 Å². The van der Waals surface area contributed by atoms with E-state index in [-0.39, 0.29) is 24.4 Å². The van der Waals surface area contributed by atoms with Crippen molar-refractivity contribution in [1.82, 2.24) is 10.2 Å². The van der Waals surface area contributed by atoms with Crippen LogP contribution in [0, 0.1) is 0 Å². The maximum Gasteiger partial charge on any atom is 0.251 e. The molecule has 0 bridgehead atoms. The fraction of sp³-hybridized carbons (Fsp3) is 0.556. The Balaban J connectivity index is 1.57. The minimum atomic E-state index is -0.172. The summed E-state index contributed by atoms with van der Waals surface area (Å²) in [5.41, 5.74) is 3.26. The number of amides is 2. The van der Waals surface area contributed by atoms with Crippen molar-refractivity contribution in [2.24, 2.45) is 0 Å². The molecule has 1 heterocycles. The Bertz CT molecular complexity index is 600. The van der Waals surface area contributed by atoms with Gasteiger partial charge in [-0.2, -0.15) is 0 Å². The van der Waals surface area contributed by atoms with Gasteiger partial charge in [-0.25, -0.2) is 0 Å². The summed E-state index contributed by atoms with van der Waals surface area (Å²) in [6.45, 7) is 3.85. The Kier molecular flexibility index (Phi) is 4.96. The number of nitrogens with one attached hydrogen (secondary N) is 1. The Morgan fingerprint density at radius 1 is 1.30 bits per heavy atom. The van der Waals surface area contributed by atoms with Gasteiger partial charge in [0.25, 0.3) is 5.91 Å². The van der Waals surface area contributed by atoms with Gasteiger partial charge in [-0.15, -0.1) is 0 Å². The minimum Gasteiger partial charge on any atom is -0.377 e. The number of carbonyl (C=O) groups excluding carboxylic acids is 2. The topological polar surface area (TPSA) is 58.6 Å². The number of ether oxygens (including phenoxy) is 1. The lowest BCUT2D eigenvalue weighted by atomic mass is 10.1. The lowest BCUT2D eigenvalue weighted by molar-refractivity contribution is -0.138. The lowest BCUT2D eigenvalue weighted by Gasteiger charge is -2.35. The number of fused-ring (bicyclic) bond motifs is 1. The molecular formula is C18H24N2O3. The second kappa shape index (κ2) is 7.13. The zero-order valence-corrected chi connectivity index (χ0v) is 13.6. The first-order valence-corrected chi connectivity index (χ1v) is 8.46. The lowest BCUT2D eigenvalue weighted by Crippen LogP contribution is -2.51. The number of aryl methyl sites for hydroxylation is 2. The predicted molar refractivity (Wildman–Crippen MR) is 87.4 cm³/mol. The standard InChI is InChI=1S/C18H24N2O3/c1-2-16-12-23-9-8-20(16)17(21)11-19-18(22)15-7-6-13-4-3-5-14(13)10-15/h6-7,10,16H,2-5,8-9,11-12H2,1H3,(H,19,22)/t16-/m1/s1. The molecule has 1 saturated heterocycles. The van der Waals surface area contributed by atoms with Crippen LogP contribution in [0.15, 0.2) is 18.2 Å². The molecule has 0 unspecified atom stereocenters. The molecule has 0 saturated carbocycles. The van der Waals surface area contributed by atoms with Gasteiger partial charge in [-0.05, 0) is 48.9 Å². The highest BCUT2D eigenvalue weighted by atomic mass is 16.5. The summed E-state index contributed by atoms with van der Waals surface area (Å²) in [7, 11) is 0. The van der Waals surface area contributed by atoms with Crippen LogP contribution in [-0.2, 0) is 22.4 Å². The van der Waals surface area contributed by atoms with Gasteiger partial charge in [-0.3, -0.25) is 9.59 Å². The third-order valence-corrected chi connectivity index (χ3v) is 4.78. The third kappa shape index (κ3) is 3.55. The second-order valence-electron chi connectivity index (χ2n) is 6.24. The van der Waals surface area contributed by atoms with E-state index in [9.17, 15) is 9.59 Å². The first kappa shape index (κ1) is 16.0. The van der Waals surface area contributed by atoms with Gasteiger partial charge in [-0.1, -0.05) is 13.0 Å². The van der Waals surface area contributed by atoms with Gasteiger partial charge in [0.15, 0.2) is 0 Å². The highest BCUT2D eigenvalue weighted by molar-refractivity contribution is 5.96. The van der Waals surface area contributed by atoms with Crippen LogP contribution >= 0.6 is 0 Å². The van der Waals surface area contributed by atoms with Crippen LogP contribution in [0.2, 0.25) is 0 Å². The molecule has 0 radical (unpaired) electrons. The van der Waals surface area contributed by atoms with E-state index in [2.05, 4.69) is 5.32 Å². The number of hydrogen-bond acceptors (Lipinski definition) is 3. The molecule has 3 rings (SSSR count). The molecular weight excluding hydrogens is 292 g/mol. The third-order valence-electron chi connectivity index (χ3n) is 4.78. The molecule has 1 N–H and O–H groups in total. The molecule has 1 aromatic carbocycles. The van der Waals surface area contributed by atoms with E-state index < -0.39 is 0 Å². The molecule has 1 aromatic rings. The van der Waals surface area contributed by atoms with Crippen molar-refractivity contribution in [3.05, 3.63) is 34.9 Å². The summed E-state index contributed by atoms with van der Waals surface area (Å²) in [5, 5.41) is 2.76. The van der Waals surface area contributed by atoms with Crippen molar-refractivity contribution in [3.63, 3.8) is 0 Å². The van der Waals surface area contributed by atoms with E-state index in [0.29, 0.717) is 25.3 Å². The van der Waals surface area contributed by atoms with Crippen molar-refractivity contribution in [1.29, 1.82) is 0 Å². The van der Waals surface area contributed by atoms with E-state index in [1.807, 2.05) is 30.0 Å². The number of morpholine rings is 1. The van der Waals surface area contributed by atoms with Crippen molar-refractivity contribution in [2.45, 2.75) is 38.6 Å². The van der Waals surface area contributed by atoms with Gasteiger partial charge in [0.2, 0.25) is 5.91 Å². The highest BCUT2D eigenvalue weighted by Gasteiger charge is 2.26. The van der Waals surface area contributed by atoms with Crippen molar-refractivity contribution in [2.75, 3.05) is 26.3 Å². The quantitative estimate of drug-likeness (QED) is 0.917. The molecule has 23 heavy (non-hydrogen) atoms. The van der Waals surface area contributed by atoms with Crippen LogP contribution in [0.4, 0.5) is 0 Å². The van der Waals surface area contributed by atoms with E-state index in [0.717, 1.165) is 25.7 Å². The molecule has 0 spiro atoms. The van der Waals surface area contributed by atoms with Gasteiger partial charge in [0.05, 0.1) is 25.8 Å².